The zero-order valence-corrected chi connectivity index (χ0v) is 14.7. The SMILES string of the molecule is CCN(C)C=Nc1cc(OC)cc(Cc2cccc(C#N)c2)c1C. The van der Waals surface area contributed by atoms with Crippen LogP contribution in [0.1, 0.15) is 29.2 Å². The van der Waals surface area contributed by atoms with Crippen LogP contribution in [0.3, 0.4) is 0 Å². The Morgan fingerprint density at radius 1 is 1.29 bits per heavy atom. The third-order valence-electron chi connectivity index (χ3n) is 4.04. The lowest BCUT2D eigenvalue weighted by atomic mass is 9.98. The molecule has 0 N–H and O–H groups in total. The number of aliphatic imine (C=N–C) groups is 1. The van der Waals surface area contributed by atoms with E-state index in [0.717, 1.165) is 41.1 Å². The van der Waals surface area contributed by atoms with E-state index in [0.29, 0.717) is 5.56 Å². The lowest BCUT2D eigenvalue weighted by Gasteiger charge is -2.13. The molecular formula is C20H23N3O. The van der Waals surface area contributed by atoms with E-state index in [-0.39, 0.29) is 0 Å². The first kappa shape index (κ1) is 17.6. The van der Waals surface area contributed by atoms with E-state index in [4.69, 9.17) is 10.00 Å². The van der Waals surface area contributed by atoms with Crippen LogP contribution in [0.4, 0.5) is 5.69 Å². The number of methoxy groups -OCH3 is 1. The third-order valence-corrected chi connectivity index (χ3v) is 4.04. The second-order valence-corrected chi connectivity index (χ2v) is 5.74. The van der Waals surface area contributed by atoms with Crippen LogP contribution < -0.4 is 4.74 Å². The molecule has 0 aliphatic rings. The number of benzene rings is 2. The lowest BCUT2D eigenvalue weighted by molar-refractivity contribution is 0.414. The van der Waals surface area contributed by atoms with Gasteiger partial charge in [0, 0.05) is 19.7 Å². The van der Waals surface area contributed by atoms with E-state index in [9.17, 15) is 0 Å². The molecule has 0 aliphatic heterocycles. The average Bonchev–Trinajstić information content (AvgIpc) is 2.62. The third kappa shape index (κ3) is 4.36. The summed E-state index contributed by atoms with van der Waals surface area (Å²) in [6.45, 7) is 5.06. The predicted molar refractivity (Wildman–Crippen MR) is 98.2 cm³/mol. The molecule has 0 saturated heterocycles. The van der Waals surface area contributed by atoms with Gasteiger partial charge in [-0.25, -0.2) is 4.99 Å². The maximum Gasteiger partial charge on any atom is 0.121 e. The van der Waals surface area contributed by atoms with Crippen LogP contribution in [-0.2, 0) is 6.42 Å². The van der Waals surface area contributed by atoms with Gasteiger partial charge in [-0.05, 0) is 55.2 Å². The normalized spacial score (nSPS) is 10.6. The van der Waals surface area contributed by atoms with Crippen molar-refractivity contribution in [3.63, 3.8) is 0 Å². The Labute approximate surface area is 144 Å². The molecule has 124 valence electrons. The van der Waals surface area contributed by atoms with Crippen LogP contribution in [0.25, 0.3) is 0 Å². The summed E-state index contributed by atoms with van der Waals surface area (Å²) in [6.07, 6.45) is 2.58. The molecule has 0 saturated carbocycles. The van der Waals surface area contributed by atoms with E-state index in [1.54, 1.807) is 7.11 Å². The molecule has 0 amide bonds. The molecule has 0 unspecified atom stereocenters. The molecule has 4 nitrogen and oxygen atoms in total. The second-order valence-electron chi connectivity index (χ2n) is 5.74. The summed E-state index contributed by atoms with van der Waals surface area (Å²) in [7, 11) is 3.66. The summed E-state index contributed by atoms with van der Waals surface area (Å²) in [5.74, 6) is 0.790. The maximum absolute atomic E-state index is 9.06. The minimum Gasteiger partial charge on any atom is -0.497 e. The molecule has 2 rings (SSSR count). The second kappa shape index (κ2) is 8.16. The van der Waals surface area contributed by atoms with Gasteiger partial charge < -0.3 is 9.64 Å². The monoisotopic (exact) mass is 321 g/mol. The van der Waals surface area contributed by atoms with Crippen molar-refractivity contribution in [3.05, 3.63) is 58.7 Å². The molecule has 2 aromatic carbocycles. The van der Waals surface area contributed by atoms with Crippen LogP contribution in [0.5, 0.6) is 5.75 Å². The topological polar surface area (TPSA) is 48.6 Å². The minimum atomic E-state index is 0.677. The largest absolute Gasteiger partial charge is 0.497 e. The van der Waals surface area contributed by atoms with Crippen molar-refractivity contribution >= 4 is 12.0 Å². The Hall–Kier alpha value is -2.80. The highest BCUT2D eigenvalue weighted by atomic mass is 16.5. The molecule has 0 aromatic heterocycles. The maximum atomic E-state index is 9.06. The van der Waals surface area contributed by atoms with Crippen molar-refractivity contribution < 1.29 is 4.74 Å². The van der Waals surface area contributed by atoms with Gasteiger partial charge in [0.25, 0.3) is 0 Å². The smallest absolute Gasteiger partial charge is 0.121 e. The summed E-state index contributed by atoms with van der Waals surface area (Å²) < 4.78 is 5.43. The lowest BCUT2D eigenvalue weighted by Crippen LogP contribution is -2.14. The summed E-state index contributed by atoms with van der Waals surface area (Å²) in [6, 6.07) is 13.9. The van der Waals surface area contributed by atoms with Crippen molar-refractivity contribution in [1.82, 2.24) is 4.90 Å². The summed E-state index contributed by atoms with van der Waals surface area (Å²) in [5, 5.41) is 9.06. The molecule has 2 aromatic rings. The fourth-order valence-electron chi connectivity index (χ4n) is 2.38. The van der Waals surface area contributed by atoms with Gasteiger partial charge in [-0.3, -0.25) is 0 Å². The van der Waals surface area contributed by atoms with Gasteiger partial charge >= 0.3 is 0 Å². The number of rotatable bonds is 6. The molecular weight excluding hydrogens is 298 g/mol. The van der Waals surface area contributed by atoms with Gasteiger partial charge in [0.05, 0.1) is 30.8 Å². The van der Waals surface area contributed by atoms with Crippen LogP contribution in [-0.4, -0.2) is 31.9 Å². The fraction of sp³-hybridized carbons (Fsp3) is 0.300. The van der Waals surface area contributed by atoms with E-state index < -0.39 is 0 Å². The molecule has 0 spiro atoms. The first-order chi connectivity index (χ1) is 11.6. The van der Waals surface area contributed by atoms with E-state index >= 15 is 0 Å². The van der Waals surface area contributed by atoms with E-state index in [2.05, 4.69) is 24.9 Å². The zero-order chi connectivity index (χ0) is 17.5. The van der Waals surface area contributed by atoms with Crippen molar-refractivity contribution in [2.24, 2.45) is 4.99 Å². The van der Waals surface area contributed by atoms with Crippen LogP contribution >= 0.6 is 0 Å². The number of nitriles is 1. The average molecular weight is 321 g/mol. The predicted octanol–water partition coefficient (Wildman–Crippen LogP) is 4.08. The Bertz CT molecular complexity index is 775. The number of nitrogens with zero attached hydrogens (tertiary/aromatic N) is 3. The molecule has 0 heterocycles. The molecule has 4 heteroatoms. The van der Waals surface area contributed by atoms with Crippen LogP contribution in [0.2, 0.25) is 0 Å². The first-order valence-electron chi connectivity index (χ1n) is 7.98. The van der Waals surface area contributed by atoms with Crippen molar-refractivity contribution in [3.8, 4) is 11.8 Å². The Morgan fingerprint density at radius 2 is 2.08 bits per heavy atom. The van der Waals surface area contributed by atoms with E-state index in [1.807, 2.05) is 54.7 Å². The highest BCUT2D eigenvalue weighted by Gasteiger charge is 2.09. The quantitative estimate of drug-likeness (QED) is 0.595. The number of ether oxygens (including phenoxy) is 1. The first-order valence-corrected chi connectivity index (χ1v) is 7.98. The van der Waals surface area contributed by atoms with Crippen LogP contribution in [0, 0.1) is 18.3 Å². The molecule has 0 radical (unpaired) electrons. The zero-order valence-electron chi connectivity index (χ0n) is 14.7. The molecule has 0 fully saturated rings. The van der Waals surface area contributed by atoms with Crippen molar-refractivity contribution in [2.45, 2.75) is 20.3 Å². The van der Waals surface area contributed by atoms with Gasteiger partial charge in [0.1, 0.15) is 5.75 Å². The van der Waals surface area contributed by atoms with Gasteiger partial charge in [-0.1, -0.05) is 12.1 Å². The number of hydrogen-bond donors (Lipinski definition) is 0. The van der Waals surface area contributed by atoms with Crippen molar-refractivity contribution in [2.75, 3.05) is 20.7 Å². The van der Waals surface area contributed by atoms with Gasteiger partial charge in [-0.2, -0.15) is 5.26 Å². The fourth-order valence-corrected chi connectivity index (χ4v) is 2.38. The van der Waals surface area contributed by atoms with Crippen molar-refractivity contribution in [1.29, 1.82) is 5.26 Å². The van der Waals surface area contributed by atoms with Crippen LogP contribution in [0.15, 0.2) is 41.4 Å². The van der Waals surface area contributed by atoms with Gasteiger partial charge in [0.15, 0.2) is 0 Å². The van der Waals surface area contributed by atoms with Gasteiger partial charge in [0.2, 0.25) is 0 Å². The molecule has 0 aliphatic carbocycles. The standard InChI is InChI=1S/C20H23N3O/c1-5-23(3)14-22-20-12-19(24-4)11-18(15(20)2)10-16-7-6-8-17(9-16)13-21/h6-9,11-12,14H,5,10H2,1-4H3. The summed E-state index contributed by atoms with van der Waals surface area (Å²) in [5.41, 5.74) is 4.96. The molecule has 24 heavy (non-hydrogen) atoms. The Balaban J connectivity index is 2.38. The summed E-state index contributed by atoms with van der Waals surface area (Å²) >= 11 is 0. The number of hydrogen-bond acceptors (Lipinski definition) is 3. The molecule has 0 atom stereocenters. The van der Waals surface area contributed by atoms with Gasteiger partial charge in [-0.15, -0.1) is 0 Å². The molecule has 0 bridgehead atoms. The minimum absolute atomic E-state index is 0.677. The Morgan fingerprint density at radius 3 is 2.75 bits per heavy atom. The highest BCUT2D eigenvalue weighted by molar-refractivity contribution is 5.65. The summed E-state index contributed by atoms with van der Waals surface area (Å²) in [4.78, 5) is 6.61. The highest BCUT2D eigenvalue weighted by Crippen LogP contribution is 2.30. The Kier molecular flexibility index (Phi) is 5.97. The van der Waals surface area contributed by atoms with E-state index in [1.165, 1.54) is 0 Å².